The number of phenolic OH excluding ortho intramolecular Hbond substituents is 1. The summed E-state index contributed by atoms with van der Waals surface area (Å²) in [6, 6.07) is 4.11. The maximum absolute atomic E-state index is 11.6. The molecule has 0 saturated heterocycles. The molecule has 0 aliphatic carbocycles. The Kier molecular flexibility index (Phi) is 4.94. The molecular formula is C10H13ClN2O4S. The number of halogens is 1. The van der Waals surface area contributed by atoms with Crippen molar-refractivity contribution >= 4 is 27.5 Å². The number of hydrogen-bond acceptors (Lipinski definition) is 4. The molecule has 0 fully saturated rings. The number of amides is 1. The lowest BCUT2D eigenvalue weighted by Gasteiger charge is -2.06. The molecule has 0 aromatic heterocycles. The zero-order valence-electron chi connectivity index (χ0n) is 9.39. The van der Waals surface area contributed by atoms with Crippen molar-refractivity contribution in [1.29, 1.82) is 0 Å². The minimum Gasteiger partial charge on any atom is -0.507 e. The summed E-state index contributed by atoms with van der Waals surface area (Å²) in [5, 5.41) is 17.1. The molecule has 0 unspecified atom stereocenters. The Labute approximate surface area is 110 Å². The van der Waals surface area contributed by atoms with Crippen LogP contribution in [0.3, 0.4) is 0 Å². The summed E-state index contributed by atoms with van der Waals surface area (Å²) in [4.78, 5) is 11.6. The standard InChI is InChI=1S/C10H13ClN2O4S/c11-7-2-3-8(9(14)6-7)10(15)13-4-1-5-18(12,16)17/h2-3,6,14H,1,4-5H2,(H,13,15)(H2,12,16,17). The highest BCUT2D eigenvalue weighted by Crippen LogP contribution is 2.21. The molecule has 0 heterocycles. The first-order valence-corrected chi connectivity index (χ1v) is 7.16. The lowest BCUT2D eigenvalue weighted by atomic mass is 10.2. The minimum absolute atomic E-state index is 0.0787. The molecule has 0 bridgehead atoms. The molecule has 1 amide bonds. The summed E-state index contributed by atoms with van der Waals surface area (Å²) >= 11 is 5.63. The molecule has 0 atom stereocenters. The van der Waals surface area contributed by atoms with E-state index in [9.17, 15) is 18.3 Å². The quantitative estimate of drug-likeness (QED) is 0.685. The van der Waals surface area contributed by atoms with Crippen molar-refractivity contribution in [3.8, 4) is 5.75 Å². The first-order chi connectivity index (χ1) is 8.29. The zero-order valence-corrected chi connectivity index (χ0v) is 11.0. The van der Waals surface area contributed by atoms with Gasteiger partial charge in [0, 0.05) is 11.6 Å². The number of carbonyl (C=O) groups is 1. The normalized spacial score (nSPS) is 11.2. The van der Waals surface area contributed by atoms with Gasteiger partial charge in [-0.3, -0.25) is 4.79 Å². The third-order valence-electron chi connectivity index (χ3n) is 2.10. The van der Waals surface area contributed by atoms with Crippen molar-refractivity contribution in [1.82, 2.24) is 5.32 Å². The predicted octanol–water partition coefficient (Wildman–Crippen LogP) is 0.454. The van der Waals surface area contributed by atoms with Gasteiger partial charge >= 0.3 is 0 Å². The molecule has 0 saturated carbocycles. The molecule has 1 aromatic rings. The Morgan fingerprint density at radius 2 is 2.11 bits per heavy atom. The molecular weight excluding hydrogens is 280 g/mol. The molecule has 4 N–H and O–H groups in total. The number of aromatic hydroxyl groups is 1. The van der Waals surface area contributed by atoms with Crippen molar-refractivity contribution in [2.24, 2.45) is 5.14 Å². The molecule has 1 aromatic carbocycles. The van der Waals surface area contributed by atoms with Gasteiger partial charge in [0.15, 0.2) is 0 Å². The Morgan fingerprint density at radius 1 is 1.44 bits per heavy atom. The van der Waals surface area contributed by atoms with Crippen molar-refractivity contribution in [3.63, 3.8) is 0 Å². The number of hydrogen-bond donors (Lipinski definition) is 3. The van der Waals surface area contributed by atoms with E-state index in [1.807, 2.05) is 0 Å². The zero-order chi connectivity index (χ0) is 13.8. The van der Waals surface area contributed by atoms with Crippen molar-refractivity contribution in [3.05, 3.63) is 28.8 Å². The second-order valence-corrected chi connectivity index (χ2v) is 5.81. The van der Waals surface area contributed by atoms with Crippen molar-refractivity contribution in [2.75, 3.05) is 12.3 Å². The maximum Gasteiger partial charge on any atom is 0.255 e. The van der Waals surface area contributed by atoms with Crippen LogP contribution < -0.4 is 10.5 Å². The summed E-state index contributed by atoms with van der Waals surface area (Å²) in [6.07, 6.45) is 0.207. The number of sulfonamides is 1. The molecule has 6 nitrogen and oxygen atoms in total. The molecule has 0 aliphatic rings. The van der Waals surface area contributed by atoms with E-state index < -0.39 is 15.9 Å². The van der Waals surface area contributed by atoms with E-state index >= 15 is 0 Å². The predicted molar refractivity (Wildman–Crippen MR) is 68.0 cm³/mol. The Morgan fingerprint density at radius 3 is 2.67 bits per heavy atom. The molecule has 0 aliphatic heterocycles. The van der Waals surface area contributed by atoms with Crippen LogP contribution in [0.5, 0.6) is 5.75 Å². The second kappa shape index (κ2) is 6.03. The average Bonchev–Trinajstić information content (AvgIpc) is 2.22. The summed E-state index contributed by atoms with van der Waals surface area (Å²) in [6.45, 7) is 0.150. The van der Waals surface area contributed by atoms with Gasteiger partial charge in [-0.2, -0.15) is 0 Å². The van der Waals surface area contributed by atoms with Crippen LogP contribution in [0.4, 0.5) is 0 Å². The van der Waals surface area contributed by atoms with E-state index in [1.165, 1.54) is 18.2 Å². The molecule has 8 heteroatoms. The SMILES string of the molecule is NS(=O)(=O)CCCNC(=O)c1ccc(Cl)cc1O. The van der Waals surface area contributed by atoms with Crippen LogP contribution in [0.2, 0.25) is 5.02 Å². The lowest BCUT2D eigenvalue weighted by Crippen LogP contribution is -2.27. The van der Waals surface area contributed by atoms with E-state index in [2.05, 4.69) is 5.32 Å². The highest BCUT2D eigenvalue weighted by atomic mass is 35.5. The molecule has 18 heavy (non-hydrogen) atoms. The van der Waals surface area contributed by atoms with Gasteiger partial charge < -0.3 is 10.4 Å². The third-order valence-corrected chi connectivity index (χ3v) is 3.19. The van der Waals surface area contributed by atoms with E-state index in [0.717, 1.165) is 0 Å². The van der Waals surface area contributed by atoms with Crippen LogP contribution in [0.15, 0.2) is 18.2 Å². The first kappa shape index (κ1) is 14.7. The van der Waals surface area contributed by atoms with E-state index in [-0.39, 0.29) is 30.0 Å². The van der Waals surface area contributed by atoms with Crippen molar-refractivity contribution in [2.45, 2.75) is 6.42 Å². The Bertz CT molecular complexity index is 545. The van der Waals surface area contributed by atoms with Crippen LogP contribution >= 0.6 is 11.6 Å². The summed E-state index contributed by atoms with van der Waals surface area (Å²) in [5.41, 5.74) is 0.0787. The van der Waals surface area contributed by atoms with Gasteiger partial charge in [0.05, 0.1) is 11.3 Å². The largest absolute Gasteiger partial charge is 0.507 e. The number of phenols is 1. The fraction of sp³-hybridized carbons (Fsp3) is 0.300. The molecule has 0 radical (unpaired) electrons. The number of nitrogens with one attached hydrogen (secondary N) is 1. The van der Waals surface area contributed by atoms with Gasteiger partial charge in [0.1, 0.15) is 5.75 Å². The maximum atomic E-state index is 11.6. The second-order valence-electron chi connectivity index (χ2n) is 3.64. The number of nitrogens with two attached hydrogens (primary N) is 1. The fourth-order valence-corrected chi connectivity index (χ4v) is 1.98. The highest BCUT2D eigenvalue weighted by molar-refractivity contribution is 7.89. The van der Waals surface area contributed by atoms with Crippen LogP contribution in [0.25, 0.3) is 0 Å². The Balaban J connectivity index is 2.51. The highest BCUT2D eigenvalue weighted by Gasteiger charge is 2.11. The van der Waals surface area contributed by atoms with E-state index in [1.54, 1.807) is 0 Å². The monoisotopic (exact) mass is 292 g/mol. The third kappa shape index (κ3) is 4.91. The first-order valence-electron chi connectivity index (χ1n) is 5.07. The summed E-state index contributed by atoms with van der Waals surface area (Å²) < 4.78 is 21.3. The van der Waals surface area contributed by atoms with Crippen molar-refractivity contribution < 1.29 is 18.3 Å². The van der Waals surface area contributed by atoms with Gasteiger partial charge in [-0.25, -0.2) is 13.6 Å². The summed E-state index contributed by atoms with van der Waals surface area (Å²) in [5.74, 6) is -0.940. The smallest absolute Gasteiger partial charge is 0.255 e. The molecule has 100 valence electrons. The van der Waals surface area contributed by atoms with Gasteiger partial charge in [-0.1, -0.05) is 11.6 Å². The number of carbonyl (C=O) groups excluding carboxylic acids is 1. The lowest BCUT2D eigenvalue weighted by molar-refractivity contribution is 0.0951. The van der Waals surface area contributed by atoms with Gasteiger partial charge in [0.2, 0.25) is 10.0 Å². The van der Waals surface area contributed by atoms with Gasteiger partial charge in [-0.05, 0) is 24.6 Å². The van der Waals surface area contributed by atoms with E-state index in [0.29, 0.717) is 5.02 Å². The number of primary sulfonamides is 1. The van der Waals surface area contributed by atoms with Crippen LogP contribution in [0, 0.1) is 0 Å². The van der Waals surface area contributed by atoms with Crippen LogP contribution in [-0.2, 0) is 10.0 Å². The number of benzene rings is 1. The number of rotatable bonds is 5. The van der Waals surface area contributed by atoms with Gasteiger partial charge in [0.25, 0.3) is 5.91 Å². The topological polar surface area (TPSA) is 109 Å². The fourth-order valence-electron chi connectivity index (χ4n) is 1.27. The van der Waals surface area contributed by atoms with Crippen LogP contribution in [-0.4, -0.2) is 31.7 Å². The van der Waals surface area contributed by atoms with E-state index in [4.69, 9.17) is 16.7 Å². The minimum atomic E-state index is -3.52. The van der Waals surface area contributed by atoms with Crippen LogP contribution in [0.1, 0.15) is 16.8 Å². The average molecular weight is 293 g/mol. The molecule has 0 spiro atoms. The van der Waals surface area contributed by atoms with Gasteiger partial charge in [-0.15, -0.1) is 0 Å². The molecule has 1 rings (SSSR count). The Hall–Kier alpha value is -1.31. The summed E-state index contributed by atoms with van der Waals surface area (Å²) in [7, 11) is -3.52.